The van der Waals surface area contributed by atoms with Crippen LogP contribution in [0.4, 0.5) is 5.69 Å². The third-order valence-electron chi connectivity index (χ3n) is 4.32. The van der Waals surface area contributed by atoms with Crippen molar-refractivity contribution < 1.29 is 24.0 Å². The first-order valence-electron chi connectivity index (χ1n) is 9.26. The number of anilines is 1. The Labute approximate surface area is 155 Å². The highest BCUT2D eigenvalue weighted by atomic mass is 16.5. The molecule has 1 unspecified atom stereocenters. The highest BCUT2D eigenvalue weighted by Gasteiger charge is 2.29. The second kappa shape index (κ2) is 9.43. The lowest BCUT2D eigenvalue weighted by atomic mass is 10.2. The Morgan fingerprint density at radius 2 is 1.85 bits per heavy atom. The van der Waals surface area contributed by atoms with Crippen molar-refractivity contribution in [3.05, 3.63) is 18.2 Å². The maximum absolute atomic E-state index is 12.3. The fourth-order valence-electron chi connectivity index (χ4n) is 2.52. The summed E-state index contributed by atoms with van der Waals surface area (Å²) in [5, 5.41) is 5.84. The van der Waals surface area contributed by atoms with E-state index in [1.165, 1.54) is 0 Å². The van der Waals surface area contributed by atoms with Gasteiger partial charge in [-0.15, -0.1) is 0 Å². The van der Waals surface area contributed by atoms with Gasteiger partial charge in [0.05, 0.1) is 20.3 Å². The average molecular weight is 364 g/mol. The van der Waals surface area contributed by atoms with Crippen molar-refractivity contribution in [3.63, 3.8) is 0 Å². The highest BCUT2D eigenvalue weighted by molar-refractivity contribution is 5.92. The van der Waals surface area contributed by atoms with Gasteiger partial charge in [-0.25, -0.2) is 0 Å². The number of amides is 2. The summed E-state index contributed by atoms with van der Waals surface area (Å²) in [4.78, 5) is 25.3. The maximum atomic E-state index is 12.3. The molecule has 7 nitrogen and oxygen atoms in total. The standard InChI is InChI=1S/C19H29N3O4/c1-5-25-16-10-9-15(11-17(16)26-6-2)20-18(23)12-22(4)13(3)19(24)21-14-7-8-14/h9-11,13-14H,5-8,12H2,1-4H3,(H,20,23)(H,21,24)/p+1/t13-/m0/s1. The Morgan fingerprint density at radius 3 is 2.46 bits per heavy atom. The Balaban J connectivity index is 1.91. The summed E-state index contributed by atoms with van der Waals surface area (Å²) >= 11 is 0. The van der Waals surface area contributed by atoms with Crippen LogP contribution in [0.15, 0.2) is 18.2 Å². The fraction of sp³-hybridized carbons (Fsp3) is 0.579. The number of ether oxygens (including phenoxy) is 2. The topological polar surface area (TPSA) is 81.1 Å². The predicted octanol–water partition coefficient (Wildman–Crippen LogP) is 0.604. The summed E-state index contributed by atoms with van der Waals surface area (Å²) in [5.41, 5.74) is 0.643. The predicted molar refractivity (Wildman–Crippen MR) is 99.8 cm³/mol. The number of hydrogen-bond acceptors (Lipinski definition) is 4. The Kier molecular flexibility index (Phi) is 7.26. The van der Waals surface area contributed by atoms with E-state index in [1.54, 1.807) is 18.2 Å². The summed E-state index contributed by atoms with van der Waals surface area (Å²) in [6, 6.07) is 5.37. The van der Waals surface area contributed by atoms with Gasteiger partial charge in [-0.3, -0.25) is 9.59 Å². The molecule has 0 radical (unpaired) electrons. The molecule has 1 aliphatic rings. The summed E-state index contributed by atoms with van der Waals surface area (Å²) in [6.07, 6.45) is 2.11. The van der Waals surface area contributed by atoms with E-state index in [1.807, 2.05) is 27.8 Å². The molecule has 2 rings (SSSR count). The molecule has 2 atom stereocenters. The van der Waals surface area contributed by atoms with E-state index < -0.39 is 0 Å². The number of rotatable bonds is 10. The van der Waals surface area contributed by atoms with Crippen molar-refractivity contribution in [1.29, 1.82) is 0 Å². The zero-order valence-electron chi connectivity index (χ0n) is 16.1. The molecular formula is C19H30N3O4+. The Hall–Kier alpha value is -2.28. The first-order valence-corrected chi connectivity index (χ1v) is 9.26. The van der Waals surface area contributed by atoms with Crippen LogP contribution in [0.25, 0.3) is 0 Å². The molecule has 1 aromatic carbocycles. The van der Waals surface area contributed by atoms with E-state index in [0.29, 0.717) is 36.4 Å². The minimum Gasteiger partial charge on any atom is -0.490 e. The fourth-order valence-corrected chi connectivity index (χ4v) is 2.52. The van der Waals surface area contributed by atoms with Crippen LogP contribution in [0.1, 0.15) is 33.6 Å². The van der Waals surface area contributed by atoms with Crippen LogP contribution in [0.2, 0.25) is 0 Å². The molecule has 7 heteroatoms. The SMILES string of the molecule is CCOc1ccc(NC(=O)C[NH+](C)[C@@H](C)C(=O)NC2CC2)cc1OCC. The van der Waals surface area contributed by atoms with Crippen LogP contribution >= 0.6 is 0 Å². The van der Waals surface area contributed by atoms with E-state index in [4.69, 9.17) is 9.47 Å². The molecule has 1 aromatic rings. The molecule has 0 aromatic heterocycles. The van der Waals surface area contributed by atoms with Crippen molar-refractivity contribution in [2.75, 3.05) is 32.1 Å². The zero-order chi connectivity index (χ0) is 19.1. The van der Waals surface area contributed by atoms with Gasteiger partial charge in [-0.2, -0.15) is 0 Å². The lowest BCUT2D eigenvalue weighted by molar-refractivity contribution is -0.885. The average Bonchev–Trinajstić information content (AvgIpc) is 3.40. The van der Waals surface area contributed by atoms with Gasteiger partial charge in [0.1, 0.15) is 0 Å². The second-order valence-corrected chi connectivity index (χ2v) is 6.60. The molecular weight excluding hydrogens is 334 g/mol. The number of carbonyl (C=O) groups excluding carboxylic acids is 2. The molecule has 0 saturated heterocycles. The van der Waals surface area contributed by atoms with Gasteiger partial charge in [0, 0.05) is 17.8 Å². The summed E-state index contributed by atoms with van der Waals surface area (Å²) in [5.74, 6) is 1.10. The van der Waals surface area contributed by atoms with Gasteiger partial charge in [-0.05, 0) is 45.7 Å². The van der Waals surface area contributed by atoms with Crippen molar-refractivity contribution >= 4 is 17.5 Å². The second-order valence-electron chi connectivity index (χ2n) is 6.60. The molecule has 0 spiro atoms. The van der Waals surface area contributed by atoms with Crippen LogP contribution in [-0.2, 0) is 9.59 Å². The number of likely N-dealkylation sites (N-methyl/N-ethyl adjacent to an activating group) is 1. The molecule has 2 amide bonds. The molecule has 0 heterocycles. The van der Waals surface area contributed by atoms with Crippen molar-refractivity contribution in [3.8, 4) is 11.5 Å². The summed E-state index contributed by atoms with van der Waals surface area (Å²) in [7, 11) is 1.85. The Morgan fingerprint density at radius 1 is 1.19 bits per heavy atom. The van der Waals surface area contributed by atoms with E-state index in [-0.39, 0.29) is 24.4 Å². The number of quaternary nitrogens is 1. The van der Waals surface area contributed by atoms with Crippen molar-refractivity contribution in [1.82, 2.24) is 5.32 Å². The van der Waals surface area contributed by atoms with Crippen LogP contribution in [0, 0.1) is 0 Å². The van der Waals surface area contributed by atoms with Crippen LogP contribution in [-0.4, -0.2) is 50.7 Å². The summed E-state index contributed by atoms with van der Waals surface area (Å²) < 4.78 is 11.1. The van der Waals surface area contributed by atoms with Crippen LogP contribution in [0.5, 0.6) is 11.5 Å². The lowest BCUT2D eigenvalue weighted by Crippen LogP contribution is -3.15. The van der Waals surface area contributed by atoms with E-state index in [0.717, 1.165) is 17.7 Å². The third-order valence-corrected chi connectivity index (χ3v) is 4.32. The third kappa shape index (κ3) is 5.91. The zero-order valence-corrected chi connectivity index (χ0v) is 16.1. The van der Waals surface area contributed by atoms with Crippen molar-refractivity contribution in [2.45, 2.75) is 45.7 Å². The van der Waals surface area contributed by atoms with Gasteiger partial charge < -0.3 is 25.0 Å². The van der Waals surface area contributed by atoms with E-state index in [2.05, 4.69) is 10.6 Å². The van der Waals surface area contributed by atoms with Gasteiger partial charge in [0.15, 0.2) is 24.1 Å². The minimum atomic E-state index is -0.277. The number of carbonyl (C=O) groups is 2. The summed E-state index contributed by atoms with van der Waals surface area (Å²) in [6.45, 7) is 6.90. The Bertz CT molecular complexity index is 631. The quantitative estimate of drug-likeness (QED) is 0.568. The highest BCUT2D eigenvalue weighted by Crippen LogP contribution is 2.30. The van der Waals surface area contributed by atoms with Crippen LogP contribution < -0.4 is 25.0 Å². The van der Waals surface area contributed by atoms with Crippen molar-refractivity contribution in [2.24, 2.45) is 0 Å². The van der Waals surface area contributed by atoms with Gasteiger partial charge >= 0.3 is 0 Å². The van der Waals surface area contributed by atoms with Crippen LogP contribution in [0.3, 0.4) is 0 Å². The molecule has 3 N–H and O–H groups in total. The van der Waals surface area contributed by atoms with E-state index in [9.17, 15) is 9.59 Å². The maximum Gasteiger partial charge on any atom is 0.279 e. The smallest absolute Gasteiger partial charge is 0.279 e. The molecule has 144 valence electrons. The molecule has 1 fully saturated rings. The molecule has 0 bridgehead atoms. The molecule has 0 aliphatic heterocycles. The monoisotopic (exact) mass is 364 g/mol. The molecule has 26 heavy (non-hydrogen) atoms. The number of nitrogens with one attached hydrogen (secondary N) is 3. The molecule has 1 saturated carbocycles. The van der Waals surface area contributed by atoms with Gasteiger partial charge in [-0.1, -0.05) is 0 Å². The first-order chi connectivity index (χ1) is 12.4. The number of benzene rings is 1. The largest absolute Gasteiger partial charge is 0.490 e. The normalized spacial score (nSPS) is 15.7. The lowest BCUT2D eigenvalue weighted by Gasteiger charge is -2.20. The molecule has 1 aliphatic carbocycles. The minimum absolute atomic E-state index is 0.00232. The van der Waals surface area contributed by atoms with Gasteiger partial charge in [0.25, 0.3) is 11.8 Å². The van der Waals surface area contributed by atoms with Gasteiger partial charge in [0.2, 0.25) is 0 Å². The first kappa shape index (κ1) is 20.0. The number of hydrogen-bond donors (Lipinski definition) is 3. The van der Waals surface area contributed by atoms with E-state index >= 15 is 0 Å².